The number of hydrogen-bond acceptors (Lipinski definition) is 8. The summed E-state index contributed by atoms with van der Waals surface area (Å²) in [6.45, 7) is 4.07. The van der Waals surface area contributed by atoms with Crippen LogP contribution in [-0.4, -0.2) is 66.8 Å². The highest BCUT2D eigenvalue weighted by molar-refractivity contribution is 5.94. The van der Waals surface area contributed by atoms with Gasteiger partial charge in [0.2, 0.25) is 0 Å². The topological polar surface area (TPSA) is 89.0 Å². The largest absolute Gasteiger partial charge is 0.497 e. The molecule has 4 rings (SSSR count). The Morgan fingerprint density at radius 3 is 2.36 bits per heavy atom. The highest BCUT2D eigenvalue weighted by atomic mass is 35.5. The fraction of sp³-hybridized carbons (Fsp3) is 0.462. The molecular formula is C26H36Cl2N4O4. The van der Waals surface area contributed by atoms with Crippen molar-refractivity contribution in [1.29, 1.82) is 0 Å². The average molecular weight is 540 g/mol. The van der Waals surface area contributed by atoms with E-state index in [1.807, 2.05) is 30.3 Å². The number of nitrogens with one attached hydrogen (secondary N) is 1. The van der Waals surface area contributed by atoms with Gasteiger partial charge in [0, 0.05) is 56.6 Å². The predicted octanol–water partition coefficient (Wildman–Crippen LogP) is 4.47. The molecule has 10 heteroatoms. The number of methoxy groups -OCH3 is 2. The van der Waals surface area contributed by atoms with Crippen molar-refractivity contribution in [2.45, 2.75) is 38.5 Å². The van der Waals surface area contributed by atoms with Gasteiger partial charge in [-0.1, -0.05) is 12.1 Å². The summed E-state index contributed by atoms with van der Waals surface area (Å²) in [4.78, 5) is 2.48. The van der Waals surface area contributed by atoms with E-state index >= 15 is 0 Å². The SMILES string of the molecule is COCc1nnc(NC2CCN(Cc3ccc(OCCCO)cc3)CC2)c2cc(OC)ccc12.Cl.Cl. The second-order valence-corrected chi connectivity index (χ2v) is 8.60. The van der Waals surface area contributed by atoms with E-state index in [9.17, 15) is 0 Å². The van der Waals surface area contributed by atoms with Crippen LogP contribution in [0.1, 0.15) is 30.5 Å². The van der Waals surface area contributed by atoms with Crippen molar-refractivity contribution in [3.63, 3.8) is 0 Å². The van der Waals surface area contributed by atoms with Crippen LogP contribution in [0.25, 0.3) is 10.8 Å². The molecule has 8 nitrogen and oxygen atoms in total. The van der Waals surface area contributed by atoms with Gasteiger partial charge in [-0.2, -0.15) is 5.10 Å². The van der Waals surface area contributed by atoms with Crippen LogP contribution in [0, 0.1) is 0 Å². The van der Waals surface area contributed by atoms with Gasteiger partial charge < -0.3 is 24.6 Å². The Kier molecular flexibility index (Phi) is 12.5. The molecule has 36 heavy (non-hydrogen) atoms. The van der Waals surface area contributed by atoms with Crippen molar-refractivity contribution in [3.8, 4) is 11.5 Å². The number of rotatable bonds is 11. The van der Waals surface area contributed by atoms with Crippen LogP contribution < -0.4 is 14.8 Å². The van der Waals surface area contributed by atoms with Gasteiger partial charge in [-0.3, -0.25) is 4.90 Å². The minimum absolute atomic E-state index is 0. The number of aliphatic hydroxyl groups excluding tert-OH is 1. The van der Waals surface area contributed by atoms with Crippen molar-refractivity contribution < 1.29 is 19.3 Å². The second kappa shape index (κ2) is 15.0. The number of hydrogen-bond donors (Lipinski definition) is 2. The molecule has 1 aliphatic heterocycles. The standard InChI is InChI=1S/C26H34N4O4.2ClH/c1-32-18-25-23-9-8-22(33-2)16-24(23)26(29-28-25)27-20-10-12-30(13-11-20)17-19-4-6-21(7-5-19)34-15-3-14-31;;/h4-9,16,20,31H,3,10-15,17-18H2,1-2H3,(H,27,29);2*1H. The fourth-order valence-corrected chi connectivity index (χ4v) is 4.30. The Morgan fingerprint density at radius 1 is 0.972 bits per heavy atom. The van der Waals surface area contributed by atoms with Gasteiger partial charge in [-0.05, 0) is 48.7 Å². The lowest BCUT2D eigenvalue weighted by Crippen LogP contribution is -2.38. The molecular weight excluding hydrogens is 503 g/mol. The van der Waals surface area contributed by atoms with E-state index in [2.05, 4.69) is 32.5 Å². The molecule has 0 radical (unpaired) electrons. The third kappa shape index (κ3) is 7.82. The van der Waals surface area contributed by atoms with Crippen molar-refractivity contribution in [2.24, 2.45) is 0 Å². The molecule has 0 saturated carbocycles. The highest BCUT2D eigenvalue weighted by Gasteiger charge is 2.21. The fourth-order valence-electron chi connectivity index (χ4n) is 4.30. The summed E-state index contributed by atoms with van der Waals surface area (Å²) in [5.74, 6) is 2.44. The van der Waals surface area contributed by atoms with Crippen molar-refractivity contribution in [3.05, 3.63) is 53.7 Å². The van der Waals surface area contributed by atoms with E-state index in [0.29, 0.717) is 25.7 Å². The van der Waals surface area contributed by atoms with E-state index in [4.69, 9.17) is 19.3 Å². The number of aliphatic hydroxyl groups is 1. The Balaban J connectivity index is 0.00000228. The first-order valence-electron chi connectivity index (χ1n) is 11.8. The van der Waals surface area contributed by atoms with E-state index in [1.165, 1.54) is 5.56 Å². The summed E-state index contributed by atoms with van der Waals surface area (Å²) in [6.07, 6.45) is 2.72. The molecule has 2 aromatic carbocycles. The van der Waals surface area contributed by atoms with Gasteiger partial charge in [0.15, 0.2) is 5.82 Å². The van der Waals surface area contributed by atoms with E-state index in [-0.39, 0.29) is 31.4 Å². The maximum absolute atomic E-state index is 8.86. The number of anilines is 1. The Hall–Kier alpha value is -2.36. The summed E-state index contributed by atoms with van der Waals surface area (Å²) >= 11 is 0. The smallest absolute Gasteiger partial charge is 0.156 e. The Bertz CT molecular complexity index is 1060. The summed E-state index contributed by atoms with van der Waals surface area (Å²) in [5, 5.41) is 23.4. The number of piperidine rings is 1. The van der Waals surface area contributed by atoms with Gasteiger partial charge >= 0.3 is 0 Å². The number of aromatic nitrogens is 2. The lowest BCUT2D eigenvalue weighted by molar-refractivity contribution is 0.182. The summed E-state index contributed by atoms with van der Waals surface area (Å²) < 4.78 is 16.4. The zero-order valence-electron chi connectivity index (χ0n) is 20.8. The first kappa shape index (κ1) is 29.9. The lowest BCUT2D eigenvalue weighted by Gasteiger charge is -2.32. The minimum atomic E-state index is 0. The summed E-state index contributed by atoms with van der Waals surface area (Å²) in [6, 6.07) is 14.6. The molecule has 0 spiro atoms. The molecule has 1 fully saturated rings. The molecule has 2 N–H and O–H groups in total. The molecule has 0 amide bonds. The van der Waals surface area contributed by atoms with Crippen LogP contribution in [0.3, 0.4) is 0 Å². The van der Waals surface area contributed by atoms with Crippen LogP contribution >= 0.6 is 24.8 Å². The zero-order chi connectivity index (χ0) is 23.8. The van der Waals surface area contributed by atoms with Crippen LogP contribution in [0.5, 0.6) is 11.5 Å². The third-order valence-corrected chi connectivity index (χ3v) is 6.17. The number of nitrogens with zero attached hydrogens (tertiary/aromatic N) is 3. The maximum atomic E-state index is 8.86. The van der Waals surface area contributed by atoms with Gasteiger partial charge in [-0.15, -0.1) is 29.9 Å². The lowest BCUT2D eigenvalue weighted by atomic mass is 10.0. The molecule has 1 aliphatic rings. The molecule has 2 heterocycles. The van der Waals surface area contributed by atoms with Crippen molar-refractivity contribution in [1.82, 2.24) is 15.1 Å². The van der Waals surface area contributed by atoms with Crippen LogP contribution in [0.2, 0.25) is 0 Å². The van der Waals surface area contributed by atoms with E-state index in [1.54, 1.807) is 14.2 Å². The van der Waals surface area contributed by atoms with Crippen LogP contribution in [0.15, 0.2) is 42.5 Å². The molecule has 0 atom stereocenters. The monoisotopic (exact) mass is 538 g/mol. The average Bonchev–Trinajstić information content (AvgIpc) is 2.87. The van der Waals surface area contributed by atoms with E-state index < -0.39 is 0 Å². The maximum Gasteiger partial charge on any atom is 0.156 e. The predicted molar refractivity (Wildman–Crippen MR) is 147 cm³/mol. The number of ether oxygens (including phenoxy) is 3. The van der Waals surface area contributed by atoms with Crippen LogP contribution in [0.4, 0.5) is 5.82 Å². The normalized spacial score (nSPS) is 14.1. The zero-order valence-corrected chi connectivity index (χ0v) is 22.4. The van der Waals surface area contributed by atoms with E-state index in [0.717, 1.165) is 66.3 Å². The van der Waals surface area contributed by atoms with Crippen molar-refractivity contribution in [2.75, 3.05) is 45.8 Å². The van der Waals surface area contributed by atoms with Gasteiger partial charge in [-0.25, -0.2) is 0 Å². The number of benzene rings is 2. The second-order valence-electron chi connectivity index (χ2n) is 8.60. The Labute approximate surface area is 225 Å². The Morgan fingerprint density at radius 2 is 1.69 bits per heavy atom. The highest BCUT2D eigenvalue weighted by Crippen LogP contribution is 2.29. The minimum Gasteiger partial charge on any atom is -0.497 e. The number of halogens is 2. The molecule has 1 aromatic heterocycles. The molecule has 198 valence electrons. The number of fused-ring (bicyclic) bond motifs is 1. The van der Waals surface area contributed by atoms with Gasteiger partial charge in [0.1, 0.15) is 11.5 Å². The van der Waals surface area contributed by atoms with Crippen LogP contribution in [-0.2, 0) is 17.9 Å². The first-order valence-corrected chi connectivity index (χ1v) is 11.8. The summed E-state index contributed by atoms with van der Waals surface area (Å²) in [5.41, 5.74) is 2.10. The molecule has 1 saturated heterocycles. The first-order chi connectivity index (χ1) is 16.7. The third-order valence-electron chi connectivity index (χ3n) is 6.17. The molecule has 0 unspecified atom stereocenters. The van der Waals surface area contributed by atoms with Gasteiger partial charge in [0.05, 0.1) is 26.0 Å². The van der Waals surface area contributed by atoms with Crippen molar-refractivity contribution >= 4 is 41.4 Å². The summed E-state index contributed by atoms with van der Waals surface area (Å²) in [7, 11) is 3.34. The molecule has 0 aliphatic carbocycles. The molecule has 0 bridgehead atoms. The van der Waals surface area contributed by atoms with Gasteiger partial charge in [0.25, 0.3) is 0 Å². The number of likely N-dealkylation sites (tertiary alicyclic amines) is 1. The quantitative estimate of drug-likeness (QED) is 0.345. The molecule has 3 aromatic rings.